The number of nitrogens with one attached hydrogen (secondary N) is 1. The van der Waals surface area contributed by atoms with Crippen LogP contribution in [0.25, 0.3) is 5.57 Å². The molecule has 1 saturated heterocycles. The van der Waals surface area contributed by atoms with Gasteiger partial charge in [0.15, 0.2) is 4.34 Å². The van der Waals surface area contributed by atoms with E-state index in [0.29, 0.717) is 10.9 Å². The summed E-state index contributed by atoms with van der Waals surface area (Å²) in [6.45, 7) is 6.52. The summed E-state index contributed by atoms with van der Waals surface area (Å²) in [6, 6.07) is 0.0121. The van der Waals surface area contributed by atoms with Crippen LogP contribution in [0.2, 0.25) is 0 Å². The Morgan fingerprint density at radius 2 is 2.21 bits per heavy atom. The summed E-state index contributed by atoms with van der Waals surface area (Å²) in [6.07, 6.45) is 2.29. The lowest BCUT2D eigenvalue weighted by molar-refractivity contribution is -0.163. The molecule has 1 amide bonds. The fourth-order valence-corrected chi connectivity index (χ4v) is 6.41. The molecule has 0 aliphatic carbocycles. The average Bonchev–Trinajstić information content (AvgIpc) is 3.18. The van der Waals surface area contributed by atoms with Gasteiger partial charge >= 0.3 is 5.97 Å². The zero-order chi connectivity index (χ0) is 20.2. The third kappa shape index (κ3) is 3.10. The minimum Gasteiger partial charge on any atom is -0.477 e. The van der Waals surface area contributed by atoms with E-state index in [9.17, 15) is 19.8 Å². The van der Waals surface area contributed by atoms with Crippen LogP contribution in [0.1, 0.15) is 32.9 Å². The number of carboxylic acids is 1. The average molecular weight is 422 g/mol. The Morgan fingerprint density at radius 1 is 1.46 bits per heavy atom. The van der Waals surface area contributed by atoms with E-state index in [1.807, 2.05) is 12.3 Å². The molecule has 1 aromatic heterocycles. The van der Waals surface area contributed by atoms with E-state index in [0.717, 1.165) is 23.0 Å². The number of aromatic nitrogens is 1. The number of rotatable bonds is 5. The van der Waals surface area contributed by atoms with E-state index < -0.39 is 18.0 Å². The summed E-state index contributed by atoms with van der Waals surface area (Å²) in [7, 11) is 0. The lowest BCUT2D eigenvalue weighted by Gasteiger charge is -2.46. The number of hydrogen-bond donors (Lipinski definition) is 3. The highest BCUT2D eigenvalue weighted by Crippen LogP contribution is 2.52. The van der Waals surface area contributed by atoms with E-state index in [1.54, 1.807) is 6.92 Å². The number of hydrogen-bond acceptors (Lipinski definition) is 7. The van der Waals surface area contributed by atoms with Gasteiger partial charge in [0.2, 0.25) is 5.91 Å². The molecule has 3 aliphatic heterocycles. The highest BCUT2D eigenvalue weighted by molar-refractivity contribution is 8.04. The maximum atomic E-state index is 12.4. The van der Waals surface area contributed by atoms with E-state index in [-0.39, 0.29) is 23.6 Å². The first kappa shape index (κ1) is 19.6. The van der Waals surface area contributed by atoms with Crippen LogP contribution in [0.15, 0.2) is 26.4 Å². The van der Waals surface area contributed by atoms with Gasteiger partial charge in [-0.1, -0.05) is 24.8 Å². The smallest absolute Gasteiger partial charge is 0.353 e. The molecule has 1 fully saturated rings. The standard InChI is InChI=1S/C19H23N3O4S2/c1-8-6-11(4-5-20-8)12-7-27-19(21-12)28-16-9(2)14-13(10(3)23)17(24)22(14)15(16)18(25)26/h6-10,13-14,20,23H,4-5H2,1-3H3,(H,25,26). The largest absolute Gasteiger partial charge is 0.477 e. The van der Waals surface area contributed by atoms with E-state index in [2.05, 4.69) is 18.3 Å². The summed E-state index contributed by atoms with van der Waals surface area (Å²) >= 11 is 2.82. The maximum Gasteiger partial charge on any atom is 0.353 e. The molecule has 7 nitrogen and oxygen atoms in total. The molecule has 5 atom stereocenters. The van der Waals surface area contributed by atoms with Crippen molar-refractivity contribution in [3.8, 4) is 0 Å². The summed E-state index contributed by atoms with van der Waals surface area (Å²) in [5.41, 5.74) is 2.18. The zero-order valence-corrected chi connectivity index (χ0v) is 17.5. The fraction of sp³-hybridized carbons (Fsp3) is 0.526. The highest BCUT2D eigenvalue weighted by Gasteiger charge is 2.60. The minimum atomic E-state index is -1.11. The lowest BCUT2D eigenvalue weighted by Crippen LogP contribution is -2.63. The van der Waals surface area contributed by atoms with Crippen LogP contribution in [0.5, 0.6) is 0 Å². The molecule has 1 aromatic rings. The van der Waals surface area contributed by atoms with Crippen LogP contribution >= 0.6 is 23.1 Å². The normalized spacial score (nSPS) is 30.8. The number of carbonyl (C=O) groups excluding carboxylic acids is 1. The first-order chi connectivity index (χ1) is 13.3. The van der Waals surface area contributed by atoms with Crippen LogP contribution in [0.4, 0.5) is 0 Å². The molecule has 0 aromatic carbocycles. The number of fused-ring (bicyclic) bond motifs is 1. The Kier molecular flexibility index (Phi) is 5.11. The molecule has 0 radical (unpaired) electrons. The number of carboxylic acid groups (broad SMARTS) is 1. The van der Waals surface area contributed by atoms with Crippen molar-refractivity contribution in [2.45, 2.75) is 49.7 Å². The van der Waals surface area contributed by atoms with Crippen molar-refractivity contribution in [1.82, 2.24) is 15.2 Å². The Balaban J connectivity index is 1.61. The minimum absolute atomic E-state index is 0.0378. The Bertz CT molecular complexity index is 891. The van der Waals surface area contributed by atoms with Gasteiger partial charge in [0.25, 0.3) is 0 Å². The number of thioether (sulfide) groups is 1. The Labute approximate surface area is 171 Å². The third-order valence-electron chi connectivity index (χ3n) is 5.63. The molecule has 150 valence electrons. The van der Waals surface area contributed by atoms with Gasteiger partial charge in [-0.3, -0.25) is 4.79 Å². The Morgan fingerprint density at radius 3 is 2.86 bits per heavy atom. The number of aliphatic carboxylic acids is 1. The molecule has 3 aliphatic rings. The SMILES string of the molecule is CC1C=C(c2csc(SC3=C(C(=O)O)N4C(=O)C(C(C)O)C4C3C)n2)CCN1. The molecule has 0 spiro atoms. The number of aliphatic hydroxyl groups excluding tert-OH is 1. The number of amides is 1. The molecule has 4 heterocycles. The summed E-state index contributed by atoms with van der Waals surface area (Å²) in [4.78, 5) is 31.0. The van der Waals surface area contributed by atoms with Gasteiger partial charge in [-0.25, -0.2) is 9.78 Å². The van der Waals surface area contributed by atoms with Crippen molar-refractivity contribution in [3.05, 3.63) is 27.8 Å². The summed E-state index contributed by atoms with van der Waals surface area (Å²) in [5.74, 6) is -2.12. The molecule has 0 saturated carbocycles. The van der Waals surface area contributed by atoms with Gasteiger partial charge in [0.1, 0.15) is 5.70 Å². The molecular formula is C19H23N3O4S2. The number of carbonyl (C=O) groups is 2. The van der Waals surface area contributed by atoms with Crippen molar-refractivity contribution in [2.75, 3.05) is 6.54 Å². The van der Waals surface area contributed by atoms with Crippen molar-refractivity contribution >= 4 is 40.5 Å². The predicted molar refractivity (Wildman–Crippen MR) is 108 cm³/mol. The van der Waals surface area contributed by atoms with Gasteiger partial charge in [-0.2, -0.15) is 0 Å². The third-order valence-corrected chi connectivity index (χ3v) is 7.86. The topological polar surface area (TPSA) is 103 Å². The van der Waals surface area contributed by atoms with Crippen molar-refractivity contribution < 1.29 is 19.8 Å². The second-order valence-electron chi connectivity index (χ2n) is 7.56. The van der Waals surface area contributed by atoms with Crippen molar-refractivity contribution in [2.24, 2.45) is 11.8 Å². The molecule has 4 rings (SSSR count). The molecule has 28 heavy (non-hydrogen) atoms. The fourth-order valence-electron chi connectivity index (χ4n) is 4.29. The molecule has 9 heteroatoms. The van der Waals surface area contributed by atoms with Gasteiger partial charge in [0, 0.05) is 22.2 Å². The van der Waals surface area contributed by atoms with E-state index in [4.69, 9.17) is 4.98 Å². The number of nitrogens with zero attached hydrogens (tertiary/aromatic N) is 2. The number of thiazole rings is 1. The van der Waals surface area contributed by atoms with Crippen molar-refractivity contribution in [1.29, 1.82) is 0 Å². The van der Waals surface area contributed by atoms with E-state index >= 15 is 0 Å². The summed E-state index contributed by atoms with van der Waals surface area (Å²) < 4.78 is 0.770. The number of aliphatic hydroxyl groups is 1. The molecule has 0 bridgehead atoms. The highest BCUT2D eigenvalue weighted by atomic mass is 32.2. The first-order valence-electron chi connectivity index (χ1n) is 9.36. The maximum absolute atomic E-state index is 12.4. The molecular weight excluding hydrogens is 398 g/mol. The quantitative estimate of drug-likeness (QED) is 0.626. The summed E-state index contributed by atoms with van der Waals surface area (Å²) in [5, 5.41) is 25.0. The zero-order valence-electron chi connectivity index (χ0n) is 15.9. The van der Waals surface area contributed by atoms with Crippen LogP contribution in [0, 0.1) is 11.8 Å². The van der Waals surface area contributed by atoms with Gasteiger partial charge in [-0.05, 0) is 32.4 Å². The van der Waals surface area contributed by atoms with Crippen LogP contribution in [0.3, 0.4) is 0 Å². The molecule has 3 N–H and O–H groups in total. The van der Waals surface area contributed by atoms with Gasteiger partial charge in [0.05, 0.1) is 23.8 Å². The predicted octanol–water partition coefficient (Wildman–Crippen LogP) is 2.15. The van der Waals surface area contributed by atoms with E-state index in [1.165, 1.54) is 33.6 Å². The molecule has 5 unspecified atom stereocenters. The monoisotopic (exact) mass is 421 g/mol. The van der Waals surface area contributed by atoms with Crippen LogP contribution in [-0.4, -0.2) is 56.7 Å². The lowest BCUT2D eigenvalue weighted by atomic mass is 9.79. The van der Waals surface area contributed by atoms with Crippen molar-refractivity contribution in [3.63, 3.8) is 0 Å². The van der Waals surface area contributed by atoms with Gasteiger partial charge in [-0.15, -0.1) is 11.3 Å². The second kappa shape index (κ2) is 7.29. The second-order valence-corrected chi connectivity index (χ2v) is 9.70. The first-order valence-corrected chi connectivity index (χ1v) is 11.1. The number of β-lactam (4-membered cyclic amide) rings is 1. The van der Waals surface area contributed by atoms with Crippen LogP contribution < -0.4 is 5.32 Å². The van der Waals surface area contributed by atoms with Crippen LogP contribution in [-0.2, 0) is 9.59 Å². The van der Waals surface area contributed by atoms with Gasteiger partial charge < -0.3 is 20.4 Å². The Hall–Kier alpha value is -1.68.